The fourth-order valence-electron chi connectivity index (χ4n) is 2.14. The molecule has 10 heteroatoms. The van der Waals surface area contributed by atoms with Crippen LogP contribution in [0.1, 0.15) is 11.1 Å². The van der Waals surface area contributed by atoms with E-state index in [4.69, 9.17) is 20.8 Å². The van der Waals surface area contributed by atoms with Crippen molar-refractivity contribution in [2.24, 2.45) is 0 Å². The Bertz CT molecular complexity index is 961. The number of aromatic nitrogens is 2. The number of hydrogen-bond acceptors (Lipinski definition) is 6. The average Bonchev–Trinajstić information content (AvgIpc) is 3.14. The van der Waals surface area contributed by atoms with E-state index in [1.807, 2.05) is 0 Å². The van der Waals surface area contributed by atoms with E-state index in [9.17, 15) is 18.0 Å². The number of esters is 1. The molecule has 1 heterocycles. The molecule has 0 spiro atoms. The van der Waals surface area contributed by atoms with Gasteiger partial charge in [-0.25, -0.2) is 0 Å². The number of nitrogens with zero attached hydrogens (tertiary/aromatic N) is 2. The average molecular weight is 429 g/mol. The van der Waals surface area contributed by atoms with Crippen LogP contribution in [0.2, 0.25) is 5.02 Å². The van der Waals surface area contributed by atoms with Gasteiger partial charge in [0.15, 0.2) is 0 Å². The summed E-state index contributed by atoms with van der Waals surface area (Å²) in [5.74, 6) is -0.466. The van der Waals surface area contributed by atoms with Crippen molar-refractivity contribution in [1.82, 2.24) is 10.2 Å². The lowest BCUT2D eigenvalue weighted by Crippen LogP contribution is -2.09. The summed E-state index contributed by atoms with van der Waals surface area (Å²) in [6.45, 7) is -0.261. The van der Waals surface area contributed by atoms with Crippen LogP contribution in [0.15, 0.2) is 58.2 Å². The van der Waals surface area contributed by atoms with Crippen LogP contribution < -0.4 is 0 Å². The van der Waals surface area contributed by atoms with Crippen LogP contribution >= 0.6 is 23.4 Å². The number of halogens is 4. The standard InChI is InChI=1S/C18H12ClF3N2O3S/c19-14-6-4-12(5-7-14)16-23-24-17(27-16)28-10-15(25)26-9-11-2-1-3-13(8-11)18(20,21)22/h1-8H,9-10H2. The Morgan fingerprint density at radius 1 is 1.14 bits per heavy atom. The molecule has 3 aromatic rings. The Labute approximate surface area is 166 Å². The molecule has 0 aliphatic rings. The Balaban J connectivity index is 1.50. The fraction of sp³-hybridized carbons (Fsp3) is 0.167. The molecule has 0 N–H and O–H groups in total. The SMILES string of the molecule is O=C(CSc1nnc(-c2ccc(Cl)cc2)o1)OCc1cccc(C(F)(F)F)c1. The Hall–Kier alpha value is -2.52. The second-order valence-electron chi connectivity index (χ2n) is 5.53. The zero-order valence-corrected chi connectivity index (χ0v) is 15.6. The Kier molecular flexibility index (Phi) is 6.25. The maximum atomic E-state index is 12.7. The molecular formula is C18H12ClF3N2O3S. The summed E-state index contributed by atoms with van der Waals surface area (Å²) >= 11 is 6.78. The van der Waals surface area contributed by atoms with Crippen molar-refractivity contribution < 1.29 is 27.1 Å². The summed E-state index contributed by atoms with van der Waals surface area (Å²) in [6.07, 6.45) is -4.45. The molecule has 0 saturated carbocycles. The van der Waals surface area contributed by atoms with E-state index < -0.39 is 17.7 Å². The van der Waals surface area contributed by atoms with Crippen LogP contribution in [0, 0.1) is 0 Å². The normalized spacial score (nSPS) is 11.4. The number of rotatable bonds is 6. The Morgan fingerprint density at radius 2 is 1.89 bits per heavy atom. The second kappa shape index (κ2) is 8.66. The van der Waals surface area contributed by atoms with Gasteiger partial charge in [0.2, 0.25) is 5.89 Å². The number of ether oxygens (including phenoxy) is 1. The van der Waals surface area contributed by atoms with Gasteiger partial charge in [0.05, 0.1) is 5.56 Å². The highest BCUT2D eigenvalue weighted by Gasteiger charge is 2.30. The maximum absolute atomic E-state index is 12.7. The van der Waals surface area contributed by atoms with E-state index in [1.54, 1.807) is 24.3 Å². The van der Waals surface area contributed by atoms with Crippen LogP contribution in [0.5, 0.6) is 0 Å². The Morgan fingerprint density at radius 3 is 2.61 bits per heavy atom. The van der Waals surface area contributed by atoms with E-state index in [0.29, 0.717) is 10.6 Å². The number of carbonyl (C=O) groups excluding carboxylic acids is 1. The number of hydrogen-bond donors (Lipinski definition) is 0. The topological polar surface area (TPSA) is 65.2 Å². The first-order chi connectivity index (χ1) is 13.3. The molecule has 0 atom stereocenters. The number of alkyl halides is 3. The van der Waals surface area contributed by atoms with Crippen LogP contribution in [0.3, 0.4) is 0 Å². The van der Waals surface area contributed by atoms with Crippen molar-refractivity contribution in [3.8, 4) is 11.5 Å². The quantitative estimate of drug-likeness (QED) is 0.395. The van der Waals surface area contributed by atoms with Gasteiger partial charge in [-0.2, -0.15) is 13.2 Å². The molecule has 0 amide bonds. The van der Waals surface area contributed by atoms with E-state index in [2.05, 4.69) is 10.2 Å². The minimum Gasteiger partial charge on any atom is -0.460 e. The van der Waals surface area contributed by atoms with E-state index >= 15 is 0 Å². The molecule has 3 rings (SSSR count). The first-order valence-electron chi connectivity index (χ1n) is 7.85. The lowest BCUT2D eigenvalue weighted by atomic mass is 10.1. The number of carbonyl (C=O) groups is 1. The molecular weight excluding hydrogens is 417 g/mol. The summed E-state index contributed by atoms with van der Waals surface area (Å²) in [7, 11) is 0. The smallest absolute Gasteiger partial charge is 0.416 e. The van der Waals surface area contributed by atoms with Gasteiger partial charge in [0.25, 0.3) is 5.22 Å². The van der Waals surface area contributed by atoms with E-state index in [0.717, 1.165) is 23.9 Å². The lowest BCUT2D eigenvalue weighted by molar-refractivity contribution is -0.141. The van der Waals surface area contributed by atoms with Gasteiger partial charge < -0.3 is 9.15 Å². The van der Waals surface area contributed by atoms with Crippen LogP contribution in [0.4, 0.5) is 13.2 Å². The first-order valence-corrected chi connectivity index (χ1v) is 9.21. The predicted octanol–water partition coefficient (Wildman–Crippen LogP) is 5.24. The highest BCUT2D eigenvalue weighted by Crippen LogP contribution is 2.29. The number of thioether (sulfide) groups is 1. The molecule has 2 aromatic carbocycles. The maximum Gasteiger partial charge on any atom is 0.416 e. The van der Waals surface area contributed by atoms with Crippen molar-refractivity contribution in [2.75, 3.05) is 5.75 Å². The highest BCUT2D eigenvalue weighted by atomic mass is 35.5. The fourth-order valence-corrected chi connectivity index (χ4v) is 2.83. The monoisotopic (exact) mass is 428 g/mol. The van der Waals surface area contributed by atoms with Crippen LogP contribution in [0.25, 0.3) is 11.5 Å². The van der Waals surface area contributed by atoms with Gasteiger partial charge in [0.1, 0.15) is 12.4 Å². The second-order valence-corrected chi connectivity index (χ2v) is 6.89. The zero-order chi connectivity index (χ0) is 20.1. The largest absolute Gasteiger partial charge is 0.460 e. The molecule has 146 valence electrons. The molecule has 28 heavy (non-hydrogen) atoms. The molecule has 0 unspecified atom stereocenters. The van der Waals surface area contributed by atoms with E-state index in [-0.39, 0.29) is 29.0 Å². The van der Waals surface area contributed by atoms with E-state index in [1.165, 1.54) is 12.1 Å². The van der Waals surface area contributed by atoms with Gasteiger partial charge >= 0.3 is 12.1 Å². The summed E-state index contributed by atoms with van der Waals surface area (Å²) in [5.41, 5.74) is 0.128. The highest BCUT2D eigenvalue weighted by molar-refractivity contribution is 7.99. The van der Waals surface area contributed by atoms with Gasteiger partial charge in [-0.15, -0.1) is 10.2 Å². The third-order valence-corrected chi connectivity index (χ3v) is 4.51. The van der Waals surface area contributed by atoms with Crippen molar-refractivity contribution in [1.29, 1.82) is 0 Å². The molecule has 0 saturated heterocycles. The molecule has 0 aliphatic heterocycles. The molecule has 0 radical (unpaired) electrons. The van der Waals surface area contributed by atoms with Gasteiger partial charge in [0, 0.05) is 10.6 Å². The van der Waals surface area contributed by atoms with Crippen molar-refractivity contribution in [3.05, 3.63) is 64.7 Å². The molecule has 1 aromatic heterocycles. The van der Waals surface area contributed by atoms with Crippen LogP contribution in [-0.2, 0) is 22.3 Å². The summed E-state index contributed by atoms with van der Waals surface area (Å²) in [6, 6.07) is 11.4. The first kappa shape index (κ1) is 20.2. The lowest BCUT2D eigenvalue weighted by Gasteiger charge is -2.09. The third kappa shape index (κ3) is 5.49. The zero-order valence-electron chi connectivity index (χ0n) is 14.1. The predicted molar refractivity (Wildman–Crippen MR) is 96.7 cm³/mol. The molecule has 0 aliphatic carbocycles. The van der Waals surface area contributed by atoms with Crippen molar-refractivity contribution in [3.63, 3.8) is 0 Å². The third-order valence-electron chi connectivity index (χ3n) is 3.47. The molecule has 0 bridgehead atoms. The minimum atomic E-state index is -4.45. The molecule has 0 fully saturated rings. The van der Waals surface area contributed by atoms with Gasteiger partial charge in [-0.3, -0.25) is 4.79 Å². The van der Waals surface area contributed by atoms with Gasteiger partial charge in [-0.1, -0.05) is 35.5 Å². The summed E-state index contributed by atoms with van der Waals surface area (Å²) in [4.78, 5) is 11.8. The summed E-state index contributed by atoms with van der Waals surface area (Å²) < 4.78 is 48.5. The van der Waals surface area contributed by atoms with Gasteiger partial charge in [-0.05, 0) is 42.0 Å². The molecule has 5 nitrogen and oxygen atoms in total. The number of benzene rings is 2. The minimum absolute atomic E-state index is 0.124. The summed E-state index contributed by atoms with van der Waals surface area (Å²) in [5, 5.41) is 8.44. The van der Waals surface area contributed by atoms with Crippen LogP contribution in [-0.4, -0.2) is 21.9 Å². The van der Waals surface area contributed by atoms with Crippen molar-refractivity contribution in [2.45, 2.75) is 18.0 Å². The van der Waals surface area contributed by atoms with Crippen molar-refractivity contribution >= 4 is 29.3 Å².